The van der Waals surface area contributed by atoms with Crippen LogP contribution in [0.2, 0.25) is 5.02 Å². The normalized spacial score (nSPS) is 12.7. The van der Waals surface area contributed by atoms with Gasteiger partial charge in [0.05, 0.1) is 7.11 Å². The Morgan fingerprint density at radius 1 is 1.56 bits per heavy atom. The van der Waals surface area contributed by atoms with Crippen LogP contribution in [0.3, 0.4) is 0 Å². The summed E-state index contributed by atoms with van der Waals surface area (Å²) in [6, 6.07) is 5.18. The van der Waals surface area contributed by atoms with Crippen molar-refractivity contribution in [3.63, 3.8) is 0 Å². The Labute approximate surface area is 96.8 Å². The molecule has 1 heterocycles. The molecule has 1 aromatic carbocycles. The molecule has 2 N–H and O–H groups in total. The summed E-state index contributed by atoms with van der Waals surface area (Å²) in [5, 5.41) is 11.0. The number of aliphatic hydroxyl groups is 1. The SMILES string of the molecule is COC(=O)C(O)c1cc2[nH]ccc2cc1Cl. The summed E-state index contributed by atoms with van der Waals surface area (Å²) < 4.78 is 4.46. The summed E-state index contributed by atoms with van der Waals surface area (Å²) >= 11 is 5.97. The highest BCUT2D eigenvalue weighted by molar-refractivity contribution is 6.32. The van der Waals surface area contributed by atoms with Gasteiger partial charge in [-0.15, -0.1) is 0 Å². The van der Waals surface area contributed by atoms with Gasteiger partial charge in [0, 0.05) is 27.7 Å². The molecule has 1 aromatic heterocycles. The third-order valence-electron chi connectivity index (χ3n) is 2.39. The Morgan fingerprint density at radius 3 is 3.00 bits per heavy atom. The molecule has 0 bridgehead atoms. The highest BCUT2D eigenvalue weighted by Gasteiger charge is 2.21. The molecule has 2 rings (SSSR count). The number of esters is 1. The van der Waals surface area contributed by atoms with E-state index < -0.39 is 12.1 Å². The van der Waals surface area contributed by atoms with Gasteiger partial charge in [-0.3, -0.25) is 0 Å². The molecule has 4 nitrogen and oxygen atoms in total. The van der Waals surface area contributed by atoms with Gasteiger partial charge in [-0.25, -0.2) is 4.79 Å². The number of methoxy groups -OCH3 is 1. The van der Waals surface area contributed by atoms with Crippen molar-refractivity contribution in [2.75, 3.05) is 7.11 Å². The van der Waals surface area contributed by atoms with Gasteiger partial charge in [0.15, 0.2) is 6.10 Å². The summed E-state index contributed by atoms with van der Waals surface area (Å²) in [6.07, 6.45) is 0.403. The Balaban J connectivity index is 2.50. The molecule has 0 saturated heterocycles. The topological polar surface area (TPSA) is 62.3 Å². The smallest absolute Gasteiger partial charge is 0.339 e. The van der Waals surface area contributed by atoms with E-state index in [0.29, 0.717) is 10.6 Å². The third-order valence-corrected chi connectivity index (χ3v) is 2.72. The maximum Gasteiger partial charge on any atom is 0.339 e. The van der Waals surface area contributed by atoms with E-state index in [1.807, 2.05) is 6.07 Å². The predicted molar refractivity (Wildman–Crippen MR) is 60.3 cm³/mol. The van der Waals surface area contributed by atoms with Crippen LogP contribution in [0.5, 0.6) is 0 Å². The first-order chi connectivity index (χ1) is 7.63. The van der Waals surface area contributed by atoms with E-state index in [9.17, 15) is 9.90 Å². The molecule has 2 aromatic rings. The van der Waals surface area contributed by atoms with Gasteiger partial charge in [0.1, 0.15) is 0 Å². The molecule has 0 spiro atoms. The van der Waals surface area contributed by atoms with Crippen molar-refractivity contribution in [3.05, 3.63) is 35.0 Å². The van der Waals surface area contributed by atoms with Crippen molar-refractivity contribution < 1.29 is 14.6 Å². The number of hydrogen-bond acceptors (Lipinski definition) is 3. The van der Waals surface area contributed by atoms with Crippen LogP contribution in [0.15, 0.2) is 24.4 Å². The number of carbonyl (C=O) groups is 1. The average molecular weight is 240 g/mol. The number of rotatable bonds is 2. The lowest BCUT2D eigenvalue weighted by molar-refractivity contribution is -0.150. The zero-order valence-corrected chi connectivity index (χ0v) is 9.28. The Morgan fingerprint density at radius 2 is 2.31 bits per heavy atom. The zero-order valence-electron chi connectivity index (χ0n) is 8.53. The molecular formula is C11H10ClNO3. The summed E-state index contributed by atoms with van der Waals surface area (Å²) in [5.41, 5.74) is 1.14. The second-order valence-electron chi connectivity index (χ2n) is 3.36. The first-order valence-electron chi connectivity index (χ1n) is 4.66. The Kier molecular flexibility index (Phi) is 2.85. The van der Waals surface area contributed by atoms with Crippen molar-refractivity contribution in [1.29, 1.82) is 0 Å². The predicted octanol–water partition coefficient (Wildman–Crippen LogP) is 2.03. The summed E-state index contributed by atoms with van der Waals surface area (Å²) in [7, 11) is 1.21. The molecule has 0 saturated carbocycles. The van der Waals surface area contributed by atoms with Crippen LogP contribution < -0.4 is 0 Å². The molecule has 1 atom stereocenters. The number of aromatic amines is 1. The lowest BCUT2D eigenvalue weighted by Crippen LogP contribution is -2.13. The monoisotopic (exact) mass is 239 g/mol. The molecule has 0 radical (unpaired) electrons. The van der Waals surface area contributed by atoms with Gasteiger partial charge >= 0.3 is 5.97 Å². The van der Waals surface area contributed by atoms with Crippen LogP contribution in [0.1, 0.15) is 11.7 Å². The van der Waals surface area contributed by atoms with Crippen LogP contribution in [-0.2, 0) is 9.53 Å². The number of benzene rings is 1. The second-order valence-corrected chi connectivity index (χ2v) is 3.77. The van der Waals surface area contributed by atoms with E-state index in [2.05, 4.69) is 9.72 Å². The molecule has 16 heavy (non-hydrogen) atoms. The lowest BCUT2D eigenvalue weighted by atomic mass is 10.1. The standard InChI is InChI=1S/C11H10ClNO3/c1-16-11(15)10(14)7-5-9-6(2-3-13-9)4-8(7)12/h2-5,10,13-14H,1H3. The molecule has 84 valence electrons. The molecular weight excluding hydrogens is 230 g/mol. The number of halogens is 1. The third kappa shape index (κ3) is 1.77. The van der Waals surface area contributed by atoms with Crippen molar-refractivity contribution in [1.82, 2.24) is 4.98 Å². The van der Waals surface area contributed by atoms with Gasteiger partial charge in [0.25, 0.3) is 0 Å². The van der Waals surface area contributed by atoms with Crippen LogP contribution in [0, 0.1) is 0 Å². The first kappa shape index (κ1) is 11.0. The maximum absolute atomic E-state index is 11.2. The number of nitrogens with one attached hydrogen (secondary N) is 1. The lowest BCUT2D eigenvalue weighted by Gasteiger charge is -2.10. The van der Waals surface area contributed by atoms with E-state index in [-0.39, 0.29) is 0 Å². The number of ether oxygens (including phenoxy) is 1. The number of aliphatic hydroxyl groups excluding tert-OH is 1. The molecule has 0 aliphatic heterocycles. The number of hydrogen-bond donors (Lipinski definition) is 2. The quantitative estimate of drug-likeness (QED) is 0.789. The Bertz CT molecular complexity index is 535. The van der Waals surface area contributed by atoms with Gasteiger partial charge in [-0.2, -0.15) is 0 Å². The minimum absolute atomic E-state index is 0.337. The number of aromatic nitrogens is 1. The van der Waals surface area contributed by atoms with E-state index in [1.165, 1.54) is 7.11 Å². The summed E-state index contributed by atoms with van der Waals surface area (Å²) in [6.45, 7) is 0. The second kappa shape index (κ2) is 4.15. The number of carbonyl (C=O) groups excluding carboxylic acids is 1. The van der Waals surface area contributed by atoms with Crippen LogP contribution in [0.4, 0.5) is 0 Å². The minimum atomic E-state index is -1.36. The van der Waals surface area contributed by atoms with E-state index in [4.69, 9.17) is 11.6 Å². The largest absolute Gasteiger partial charge is 0.467 e. The zero-order chi connectivity index (χ0) is 11.7. The number of fused-ring (bicyclic) bond motifs is 1. The van der Waals surface area contributed by atoms with Crippen LogP contribution in [-0.4, -0.2) is 23.2 Å². The summed E-state index contributed by atoms with van der Waals surface area (Å²) in [5.74, 6) is -0.729. The molecule has 0 fully saturated rings. The number of H-pyrrole nitrogens is 1. The van der Waals surface area contributed by atoms with Crippen LogP contribution in [0.25, 0.3) is 10.9 Å². The summed E-state index contributed by atoms with van der Waals surface area (Å²) in [4.78, 5) is 14.2. The highest BCUT2D eigenvalue weighted by atomic mass is 35.5. The average Bonchev–Trinajstić information content (AvgIpc) is 2.72. The minimum Gasteiger partial charge on any atom is -0.467 e. The molecule has 5 heteroatoms. The van der Waals surface area contributed by atoms with Crippen LogP contribution >= 0.6 is 11.6 Å². The van der Waals surface area contributed by atoms with Gasteiger partial charge in [-0.1, -0.05) is 11.6 Å². The van der Waals surface area contributed by atoms with E-state index >= 15 is 0 Å². The Hall–Kier alpha value is -1.52. The fourth-order valence-corrected chi connectivity index (χ4v) is 1.81. The molecule has 0 aliphatic carbocycles. The van der Waals surface area contributed by atoms with Crippen molar-refractivity contribution in [2.24, 2.45) is 0 Å². The van der Waals surface area contributed by atoms with Gasteiger partial charge < -0.3 is 14.8 Å². The first-order valence-corrected chi connectivity index (χ1v) is 5.03. The molecule has 0 aliphatic rings. The fraction of sp³-hybridized carbons (Fsp3) is 0.182. The molecule has 0 amide bonds. The maximum atomic E-state index is 11.2. The van der Waals surface area contributed by atoms with Crippen molar-refractivity contribution >= 4 is 28.5 Å². The van der Waals surface area contributed by atoms with Crippen molar-refractivity contribution in [2.45, 2.75) is 6.10 Å². The van der Waals surface area contributed by atoms with E-state index in [1.54, 1.807) is 18.3 Å². The fourth-order valence-electron chi connectivity index (χ4n) is 1.54. The van der Waals surface area contributed by atoms with Gasteiger partial charge in [-0.05, 0) is 18.2 Å². The van der Waals surface area contributed by atoms with Gasteiger partial charge in [0.2, 0.25) is 0 Å². The van der Waals surface area contributed by atoms with Crippen molar-refractivity contribution in [3.8, 4) is 0 Å². The van der Waals surface area contributed by atoms with E-state index in [0.717, 1.165) is 10.9 Å². The molecule has 1 unspecified atom stereocenters. The highest BCUT2D eigenvalue weighted by Crippen LogP contribution is 2.28.